The summed E-state index contributed by atoms with van der Waals surface area (Å²) >= 11 is 5.96. The minimum Gasteiger partial charge on any atom is -0.457 e. The van der Waals surface area contributed by atoms with Crippen LogP contribution in [0.15, 0.2) is 36.4 Å². The Kier molecular flexibility index (Phi) is 4.22. The van der Waals surface area contributed by atoms with Crippen LogP contribution >= 0.6 is 11.6 Å². The van der Waals surface area contributed by atoms with E-state index in [9.17, 15) is 10.1 Å². The summed E-state index contributed by atoms with van der Waals surface area (Å²) in [6, 6.07) is 9.44. The topological polar surface area (TPSA) is 72.6 Å². The average Bonchev–Trinajstić information content (AvgIpc) is 2.38. The summed E-state index contributed by atoms with van der Waals surface area (Å²) in [7, 11) is 0. The van der Waals surface area contributed by atoms with Gasteiger partial charge in [-0.2, -0.15) is 0 Å². The van der Waals surface area contributed by atoms with Gasteiger partial charge >= 0.3 is 0 Å². The van der Waals surface area contributed by atoms with Crippen molar-refractivity contribution in [2.45, 2.75) is 13.5 Å². The van der Waals surface area contributed by atoms with Crippen molar-refractivity contribution in [2.75, 3.05) is 0 Å². The molecule has 104 valence electrons. The van der Waals surface area contributed by atoms with Gasteiger partial charge in [-0.05, 0) is 36.8 Å². The van der Waals surface area contributed by atoms with Crippen LogP contribution in [0.5, 0.6) is 11.5 Å². The molecule has 6 heteroatoms. The van der Waals surface area contributed by atoms with E-state index in [1.54, 1.807) is 31.2 Å². The summed E-state index contributed by atoms with van der Waals surface area (Å²) in [5, 5.41) is 20.2. The van der Waals surface area contributed by atoms with Crippen molar-refractivity contribution in [3.8, 4) is 11.5 Å². The van der Waals surface area contributed by atoms with Crippen molar-refractivity contribution in [3.63, 3.8) is 0 Å². The molecule has 0 amide bonds. The van der Waals surface area contributed by atoms with Gasteiger partial charge in [-0.1, -0.05) is 17.7 Å². The zero-order valence-corrected chi connectivity index (χ0v) is 11.4. The van der Waals surface area contributed by atoms with Crippen molar-refractivity contribution in [1.29, 1.82) is 0 Å². The van der Waals surface area contributed by atoms with E-state index in [1.165, 1.54) is 12.1 Å². The fourth-order valence-electron chi connectivity index (χ4n) is 1.75. The Hall–Kier alpha value is -2.11. The Bertz CT molecular complexity index is 658. The fourth-order valence-corrected chi connectivity index (χ4v) is 1.98. The number of ether oxygens (including phenoxy) is 1. The predicted molar refractivity (Wildman–Crippen MR) is 75.3 cm³/mol. The standard InChI is InChI=1S/C14H12ClNO4/c1-9-6-11(4-5-14(9)16(18)19)20-12-3-2-10(8-17)13(15)7-12/h2-7,17H,8H2,1H3. The van der Waals surface area contributed by atoms with Gasteiger partial charge in [0.25, 0.3) is 5.69 Å². The second-order valence-corrected chi connectivity index (χ2v) is 4.63. The lowest BCUT2D eigenvalue weighted by Crippen LogP contribution is -1.93. The molecule has 0 atom stereocenters. The molecule has 0 aromatic heterocycles. The van der Waals surface area contributed by atoms with E-state index in [4.69, 9.17) is 21.4 Å². The molecule has 0 saturated carbocycles. The van der Waals surface area contributed by atoms with Crippen molar-refractivity contribution in [3.05, 3.63) is 62.7 Å². The van der Waals surface area contributed by atoms with Gasteiger partial charge in [0.1, 0.15) is 11.5 Å². The third-order valence-corrected chi connectivity index (χ3v) is 3.15. The SMILES string of the molecule is Cc1cc(Oc2ccc(CO)c(Cl)c2)ccc1[N+](=O)[O-]. The van der Waals surface area contributed by atoms with Gasteiger partial charge in [0, 0.05) is 16.7 Å². The van der Waals surface area contributed by atoms with Crippen molar-refractivity contribution >= 4 is 17.3 Å². The average molecular weight is 294 g/mol. The molecule has 2 aromatic carbocycles. The van der Waals surface area contributed by atoms with E-state index in [0.29, 0.717) is 27.6 Å². The monoisotopic (exact) mass is 293 g/mol. The van der Waals surface area contributed by atoms with Crippen LogP contribution in [-0.4, -0.2) is 10.0 Å². The Morgan fingerprint density at radius 1 is 1.25 bits per heavy atom. The Morgan fingerprint density at radius 2 is 1.90 bits per heavy atom. The van der Waals surface area contributed by atoms with Crippen LogP contribution in [0.2, 0.25) is 5.02 Å². The molecule has 0 unspecified atom stereocenters. The number of aliphatic hydroxyl groups excluding tert-OH is 1. The van der Waals surface area contributed by atoms with Gasteiger partial charge in [0.15, 0.2) is 0 Å². The summed E-state index contributed by atoms with van der Waals surface area (Å²) in [5.74, 6) is 0.987. The Balaban J connectivity index is 2.24. The van der Waals surface area contributed by atoms with Gasteiger partial charge in [-0.15, -0.1) is 0 Å². The van der Waals surface area contributed by atoms with E-state index in [1.807, 2.05) is 0 Å². The van der Waals surface area contributed by atoms with Gasteiger partial charge in [-0.25, -0.2) is 0 Å². The van der Waals surface area contributed by atoms with Crippen LogP contribution in [0, 0.1) is 17.0 Å². The molecule has 5 nitrogen and oxygen atoms in total. The van der Waals surface area contributed by atoms with Gasteiger partial charge in [0.05, 0.1) is 11.5 Å². The van der Waals surface area contributed by atoms with Gasteiger partial charge in [0.2, 0.25) is 0 Å². The van der Waals surface area contributed by atoms with Gasteiger partial charge < -0.3 is 9.84 Å². The molecule has 2 rings (SSSR count). The molecule has 0 fully saturated rings. The van der Waals surface area contributed by atoms with Crippen molar-refractivity contribution in [1.82, 2.24) is 0 Å². The zero-order valence-electron chi connectivity index (χ0n) is 10.7. The second kappa shape index (κ2) is 5.90. The number of hydrogen-bond acceptors (Lipinski definition) is 4. The maximum atomic E-state index is 10.7. The molecule has 0 heterocycles. The normalized spacial score (nSPS) is 10.3. The van der Waals surface area contributed by atoms with Gasteiger partial charge in [-0.3, -0.25) is 10.1 Å². The number of aliphatic hydroxyl groups is 1. The molecule has 0 radical (unpaired) electrons. The van der Waals surface area contributed by atoms with Crippen LogP contribution in [0.1, 0.15) is 11.1 Å². The minimum absolute atomic E-state index is 0.0472. The lowest BCUT2D eigenvalue weighted by Gasteiger charge is -2.08. The maximum absolute atomic E-state index is 10.7. The number of nitrogens with zero attached hydrogens (tertiary/aromatic N) is 1. The highest BCUT2D eigenvalue weighted by molar-refractivity contribution is 6.31. The molecule has 0 spiro atoms. The number of hydrogen-bond donors (Lipinski definition) is 1. The predicted octanol–water partition coefficient (Wildman–Crippen LogP) is 3.84. The third kappa shape index (κ3) is 3.07. The number of nitro benzene ring substituents is 1. The van der Waals surface area contributed by atoms with Crippen molar-refractivity contribution < 1.29 is 14.8 Å². The number of benzene rings is 2. The van der Waals surface area contributed by atoms with Crippen LogP contribution < -0.4 is 4.74 Å². The number of nitro groups is 1. The van der Waals surface area contributed by atoms with E-state index in [-0.39, 0.29) is 12.3 Å². The molecule has 0 aliphatic carbocycles. The zero-order chi connectivity index (χ0) is 14.7. The number of rotatable bonds is 4. The van der Waals surface area contributed by atoms with E-state index in [2.05, 4.69) is 0 Å². The summed E-state index contributed by atoms with van der Waals surface area (Å²) < 4.78 is 5.59. The molecule has 2 aromatic rings. The molecule has 0 aliphatic heterocycles. The van der Waals surface area contributed by atoms with E-state index >= 15 is 0 Å². The molecule has 0 saturated heterocycles. The quantitative estimate of drug-likeness (QED) is 0.686. The molecule has 0 aliphatic rings. The number of aryl methyl sites for hydroxylation is 1. The minimum atomic E-state index is -0.438. The molecule has 20 heavy (non-hydrogen) atoms. The Labute approximate surface area is 120 Å². The smallest absolute Gasteiger partial charge is 0.272 e. The highest BCUT2D eigenvalue weighted by Gasteiger charge is 2.11. The van der Waals surface area contributed by atoms with E-state index in [0.717, 1.165) is 0 Å². The van der Waals surface area contributed by atoms with E-state index < -0.39 is 4.92 Å². The van der Waals surface area contributed by atoms with Crippen LogP contribution in [-0.2, 0) is 6.61 Å². The Morgan fingerprint density at radius 3 is 2.45 bits per heavy atom. The molecular formula is C14H12ClNO4. The molecule has 0 bridgehead atoms. The molecular weight excluding hydrogens is 282 g/mol. The maximum Gasteiger partial charge on any atom is 0.272 e. The van der Waals surface area contributed by atoms with Crippen molar-refractivity contribution in [2.24, 2.45) is 0 Å². The largest absolute Gasteiger partial charge is 0.457 e. The molecule has 1 N–H and O–H groups in total. The summed E-state index contributed by atoms with van der Waals surface area (Å²) in [5.41, 5.74) is 1.18. The first kappa shape index (κ1) is 14.3. The van der Waals surface area contributed by atoms with Crippen LogP contribution in [0.25, 0.3) is 0 Å². The fraction of sp³-hybridized carbons (Fsp3) is 0.143. The lowest BCUT2D eigenvalue weighted by atomic mass is 10.2. The summed E-state index contributed by atoms with van der Waals surface area (Å²) in [6.45, 7) is 1.50. The summed E-state index contributed by atoms with van der Waals surface area (Å²) in [4.78, 5) is 10.3. The number of halogens is 1. The third-order valence-electron chi connectivity index (χ3n) is 2.80. The highest BCUT2D eigenvalue weighted by Crippen LogP contribution is 2.29. The first-order valence-corrected chi connectivity index (χ1v) is 6.21. The second-order valence-electron chi connectivity index (χ2n) is 4.22. The van der Waals surface area contributed by atoms with Crippen LogP contribution in [0.3, 0.4) is 0 Å². The highest BCUT2D eigenvalue weighted by atomic mass is 35.5. The first-order chi connectivity index (χ1) is 9.51. The summed E-state index contributed by atoms with van der Waals surface area (Å²) in [6.07, 6.45) is 0. The van der Waals surface area contributed by atoms with Crippen LogP contribution in [0.4, 0.5) is 5.69 Å². The first-order valence-electron chi connectivity index (χ1n) is 5.83. The lowest BCUT2D eigenvalue weighted by molar-refractivity contribution is -0.385.